The molecule has 3 rings (SSSR count). The van der Waals surface area contributed by atoms with Gasteiger partial charge in [0, 0.05) is 42.0 Å². The molecule has 1 atom stereocenters. The van der Waals surface area contributed by atoms with Crippen molar-refractivity contribution < 1.29 is 24.0 Å². The van der Waals surface area contributed by atoms with E-state index in [9.17, 15) is 19.7 Å². The van der Waals surface area contributed by atoms with Gasteiger partial charge in [-0.3, -0.25) is 15.0 Å². The molecule has 214 valence electrons. The van der Waals surface area contributed by atoms with E-state index in [2.05, 4.69) is 43.1 Å². The van der Waals surface area contributed by atoms with Gasteiger partial charge in [-0.1, -0.05) is 63.2 Å². The third-order valence-corrected chi connectivity index (χ3v) is 6.83. The summed E-state index contributed by atoms with van der Waals surface area (Å²) in [4.78, 5) is 39.9. The zero-order valence-corrected chi connectivity index (χ0v) is 24.2. The van der Waals surface area contributed by atoms with E-state index >= 15 is 0 Å². The summed E-state index contributed by atoms with van der Waals surface area (Å²) in [6.45, 7) is 12.2. The van der Waals surface area contributed by atoms with Crippen LogP contribution in [0.4, 0.5) is 5.69 Å². The lowest BCUT2D eigenvalue weighted by Crippen LogP contribution is -2.38. The van der Waals surface area contributed by atoms with E-state index in [0.29, 0.717) is 23.5 Å². The Morgan fingerprint density at radius 1 is 1.02 bits per heavy atom. The molecule has 40 heavy (non-hydrogen) atoms. The number of nitrogens with one attached hydrogen (secondary N) is 1. The first-order valence-electron chi connectivity index (χ1n) is 13.4. The molecule has 1 N–H and O–H groups in total. The quantitative estimate of drug-likeness (QED) is 0.210. The molecule has 0 radical (unpaired) electrons. The van der Waals surface area contributed by atoms with Gasteiger partial charge in [-0.2, -0.15) is 0 Å². The minimum absolute atomic E-state index is 0.140. The lowest BCUT2D eigenvalue weighted by molar-refractivity contribution is -0.384. The fourth-order valence-electron chi connectivity index (χ4n) is 5.16. The van der Waals surface area contributed by atoms with Gasteiger partial charge in [0.15, 0.2) is 0 Å². The molecule has 0 fully saturated rings. The van der Waals surface area contributed by atoms with Crippen LogP contribution in [0.1, 0.15) is 58.1 Å². The number of allylic oxidation sites excluding steroid dienone is 2. The van der Waals surface area contributed by atoms with Gasteiger partial charge in [0.25, 0.3) is 5.69 Å². The van der Waals surface area contributed by atoms with Gasteiger partial charge in [-0.05, 0) is 37.9 Å². The summed E-state index contributed by atoms with van der Waals surface area (Å²) in [5, 5.41) is 14.6. The summed E-state index contributed by atoms with van der Waals surface area (Å²) < 4.78 is 10.9. The second-order valence-corrected chi connectivity index (χ2v) is 10.9. The number of benzene rings is 2. The number of dihydropyridines is 1. The number of nitro benzene ring substituents is 1. The zero-order chi connectivity index (χ0) is 29.4. The van der Waals surface area contributed by atoms with E-state index in [1.165, 1.54) is 30.9 Å². The van der Waals surface area contributed by atoms with Crippen LogP contribution >= 0.6 is 0 Å². The SMILES string of the molecule is CCCN(Cc1ccccc1)CC(C)(C)COC(=O)C1=C(C)NC(C)=C(C(=O)OC)C1c1cccc([N+](=O)[O-])c1. The summed E-state index contributed by atoms with van der Waals surface area (Å²) in [6, 6.07) is 16.2. The first-order valence-corrected chi connectivity index (χ1v) is 13.4. The summed E-state index contributed by atoms with van der Waals surface area (Å²) in [7, 11) is 1.26. The lowest BCUT2D eigenvalue weighted by Gasteiger charge is -2.34. The second-order valence-electron chi connectivity index (χ2n) is 10.9. The number of nitro groups is 1. The Morgan fingerprint density at radius 3 is 2.27 bits per heavy atom. The van der Waals surface area contributed by atoms with Crippen LogP contribution in [-0.2, 0) is 25.6 Å². The average Bonchev–Trinajstić information content (AvgIpc) is 2.91. The molecule has 0 aliphatic carbocycles. The minimum Gasteiger partial charge on any atom is -0.466 e. The van der Waals surface area contributed by atoms with Gasteiger partial charge in [-0.15, -0.1) is 0 Å². The van der Waals surface area contributed by atoms with Crippen LogP contribution in [0.3, 0.4) is 0 Å². The molecule has 0 spiro atoms. The van der Waals surface area contributed by atoms with Crippen molar-refractivity contribution in [2.75, 3.05) is 26.8 Å². The maximum atomic E-state index is 13.7. The maximum Gasteiger partial charge on any atom is 0.336 e. The number of carbonyl (C=O) groups excluding carboxylic acids is 2. The largest absolute Gasteiger partial charge is 0.466 e. The molecule has 1 aliphatic rings. The van der Waals surface area contributed by atoms with Gasteiger partial charge >= 0.3 is 11.9 Å². The highest BCUT2D eigenvalue weighted by molar-refractivity contribution is 5.99. The number of non-ortho nitro benzene ring substituents is 1. The first-order chi connectivity index (χ1) is 19.0. The molecule has 0 bridgehead atoms. The van der Waals surface area contributed by atoms with Crippen LogP contribution < -0.4 is 5.32 Å². The normalized spacial score (nSPS) is 15.6. The highest BCUT2D eigenvalue weighted by Crippen LogP contribution is 2.40. The van der Waals surface area contributed by atoms with E-state index in [4.69, 9.17) is 9.47 Å². The molecule has 1 aliphatic heterocycles. The number of methoxy groups -OCH3 is 1. The monoisotopic (exact) mass is 549 g/mol. The molecule has 1 unspecified atom stereocenters. The molecule has 2 aromatic rings. The lowest BCUT2D eigenvalue weighted by atomic mass is 9.80. The third-order valence-electron chi connectivity index (χ3n) is 6.83. The van der Waals surface area contributed by atoms with Crippen LogP contribution in [0, 0.1) is 15.5 Å². The molecular formula is C31H39N3O6. The Hall–Kier alpha value is -3.98. The Morgan fingerprint density at radius 2 is 1.68 bits per heavy atom. The fraction of sp³-hybridized carbons (Fsp3) is 0.419. The van der Waals surface area contributed by atoms with Crippen LogP contribution in [0.15, 0.2) is 77.1 Å². The third kappa shape index (κ3) is 7.57. The molecule has 9 nitrogen and oxygen atoms in total. The van der Waals surface area contributed by atoms with Gasteiger partial charge in [0.05, 0.1) is 35.7 Å². The molecule has 9 heteroatoms. The van der Waals surface area contributed by atoms with Gasteiger partial charge in [0.1, 0.15) is 0 Å². The molecule has 0 aromatic heterocycles. The Labute approximate surface area is 236 Å². The molecule has 0 amide bonds. The first kappa shape index (κ1) is 30.6. The van der Waals surface area contributed by atoms with Gasteiger partial charge in [-0.25, -0.2) is 9.59 Å². The van der Waals surface area contributed by atoms with Gasteiger partial charge < -0.3 is 14.8 Å². The van der Waals surface area contributed by atoms with Crippen LogP contribution in [0.2, 0.25) is 0 Å². The Balaban J connectivity index is 1.86. The minimum atomic E-state index is -0.890. The number of hydrogen-bond acceptors (Lipinski definition) is 8. The number of rotatable bonds is 12. The van der Waals surface area contributed by atoms with E-state index in [-0.39, 0.29) is 28.9 Å². The van der Waals surface area contributed by atoms with E-state index in [1.54, 1.807) is 19.9 Å². The van der Waals surface area contributed by atoms with Crippen molar-refractivity contribution in [2.24, 2.45) is 5.41 Å². The van der Waals surface area contributed by atoms with E-state index in [1.807, 2.05) is 18.2 Å². The van der Waals surface area contributed by atoms with Crippen molar-refractivity contribution in [2.45, 2.75) is 53.5 Å². The van der Waals surface area contributed by atoms with Gasteiger partial charge in [0.2, 0.25) is 0 Å². The standard InChI is InChI=1S/C31H39N3O6/c1-7-16-33(18-23-12-9-8-10-13-23)19-31(4,5)20-40-30(36)27-22(3)32-21(2)26(29(35)39-6)28(27)24-14-11-15-25(17-24)34(37)38/h8-15,17,28,32H,7,16,18-20H2,1-6H3. The summed E-state index contributed by atoms with van der Waals surface area (Å²) in [6.07, 6.45) is 0.993. The molecule has 0 saturated carbocycles. The Bertz CT molecular complexity index is 1300. The predicted octanol–water partition coefficient (Wildman–Crippen LogP) is 5.48. The van der Waals surface area contributed by atoms with E-state index in [0.717, 1.165) is 19.5 Å². The maximum absolute atomic E-state index is 13.7. The number of esters is 2. The predicted molar refractivity (Wildman–Crippen MR) is 153 cm³/mol. The topological polar surface area (TPSA) is 111 Å². The van der Waals surface area contributed by atoms with Crippen molar-refractivity contribution in [3.05, 3.63) is 98.4 Å². The molecular weight excluding hydrogens is 510 g/mol. The van der Waals surface area contributed by atoms with Crippen molar-refractivity contribution in [1.29, 1.82) is 0 Å². The fourth-order valence-corrected chi connectivity index (χ4v) is 5.16. The summed E-state index contributed by atoms with van der Waals surface area (Å²) in [5.74, 6) is -2.11. The van der Waals surface area contributed by atoms with Crippen molar-refractivity contribution in [3.63, 3.8) is 0 Å². The van der Waals surface area contributed by atoms with E-state index < -0.39 is 22.8 Å². The number of ether oxygens (including phenoxy) is 2. The number of carbonyl (C=O) groups is 2. The Kier molecular flexibility index (Phi) is 10.2. The second kappa shape index (κ2) is 13.4. The summed E-state index contributed by atoms with van der Waals surface area (Å²) >= 11 is 0. The average molecular weight is 550 g/mol. The number of hydrogen-bond donors (Lipinski definition) is 1. The molecule has 2 aromatic carbocycles. The molecule has 1 heterocycles. The zero-order valence-electron chi connectivity index (χ0n) is 24.2. The summed E-state index contributed by atoms with van der Waals surface area (Å²) in [5.41, 5.74) is 2.59. The van der Waals surface area contributed by atoms with Crippen LogP contribution in [0.5, 0.6) is 0 Å². The highest BCUT2D eigenvalue weighted by Gasteiger charge is 2.39. The number of nitrogens with zero attached hydrogens (tertiary/aromatic N) is 2. The smallest absolute Gasteiger partial charge is 0.336 e. The molecule has 0 saturated heterocycles. The van der Waals surface area contributed by atoms with Crippen molar-refractivity contribution in [1.82, 2.24) is 10.2 Å². The van der Waals surface area contributed by atoms with Crippen LogP contribution in [0.25, 0.3) is 0 Å². The van der Waals surface area contributed by atoms with Crippen molar-refractivity contribution in [3.8, 4) is 0 Å². The van der Waals surface area contributed by atoms with Crippen molar-refractivity contribution >= 4 is 17.6 Å². The van der Waals surface area contributed by atoms with Crippen LogP contribution in [-0.4, -0.2) is 48.6 Å². The highest BCUT2D eigenvalue weighted by atomic mass is 16.6.